The van der Waals surface area contributed by atoms with Crippen molar-refractivity contribution in [2.75, 3.05) is 13.6 Å². The van der Waals surface area contributed by atoms with E-state index in [1.54, 1.807) is 0 Å². The van der Waals surface area contributed by atoms with Crippen LogP contribution in [-0.2, 0) is 4.79 Å². The molecular weight excluding hydrogens is 483 g/mol. The van der Waals surface area contributed by atoms with Gasteiger partial charge in [-0.15, -0.1) is 23.2 Å². The van der Waals surface area contributed by atoms with E-state index < -0.39 is 14.1 Å². The molecule has 2 rings (SSSR count). The van der Waals surface area contributed by atoms with Gasteiger partial charge in [0.2, 0.25) is 5.91 Å². The third kappa shape index (κ3) is 4.44. The zero-order chi connectivity index (χ0) is 21.2. The standard InChI is InChI=1S/C20H29Cl6NO/c1-3-12-27(2)15(28)11-9-7-5-4-6-8-10-14-13-18(23)16(21)17(22)19(14,24)20(18,25)26/h14H,3-13H2,1-2H3/t14-,18+,19+/m1/s1. The lowest BCUT2D eigenvalue weighted by Gasteiger charge is -2.33. The van der Waals surface area contributed by atoms with Crippen LogP contribution in [0, 0.1) is 5.92 Å². The lowest BCUT2D eigenvalue weighted by molar-refractivity contribution is -0.130. The van der Waals surface area contributed by atoms with Gasteiger partial charge in [-0.2, -0.15) is 0 Å². The summed E-state index contributed by atoms with van der Waals surface area (Å²) in [5.74, 6) is 0.248. The van der Waals surface area contributed by atoms with Gasteiger partial charge < -0.3 is 4.90 Å². The second-order valence-corrected chi connectivity index (χ2v) is 11.4. The van der Waals surface area contributed by atoms with Crippen molar-refractivity contribution >= 4 is 75.5 Å². The topological polar surface area (TPSA) is 20.3 Å². The maximum absolute atomic E-state index is 11.9. The van der Waals surface area contributed by atoms with Gasteiger partial charge in [-0.1, -0.05) is 85.4 Å². The number of allylic oxidation sites excluding steroid dienone is 2. The van der Waals surface area contributed by atoms with Crippen molar-refractivity contribution in [3.8, 4) is 0 Å². The van der Waals surface area contributed by atoms with E-state index in [1.807, 2.05) is 11.9 Å². The highest BCUT2D eigenvalue weighted by atomic mass is 35.5. The van der Waals surface area contributed by atoms with Gasteiger partial charge in [0.05, 0.1) is 10.1 Å². The summed E-state index contributed by atoms with van der Waals surface area (Å²) in [7, 11) is 1.88. The van der Waals surface area contributed by atoms with Gasteiger partial charge in [0.15, 0.2) is 4.33 Å². The molecule has 0 unspecified atom stereocenters. The molecule has 0 aromatic carbocycles. The van der Waals surface area contributed by atoms with Crippen LogP contribution in [0.25, 0.3) is 0 Å². The first kappa shape index (κ1) is 25.2. The normalized spacial score (nSPS) is 30.9. The molecule has 0 aliphatic heterocycles. The third-order valence-electron chi connectivity index (χ3n) is 6.08. The molecule has 162 valence electrons. The van der Waals surface area contributed by atoms with Gasteiger partial charge >= 0.3 is 0 Å². The lowest BCUT2D eigenvalue weighted by atomic mass is 9.87. The van der Waals surface area contributed by atoms with E-state index in [9.17, 15) is 4.79 Å². The smallest absolute Gasteiger partial charge is 0.222 e. The Labute approximate surface area is 199 Å². The zero-order valence-electron chi connectivity index (χ0n) is 16.5. The number of halogens is 6. The van der Waals surface area contributed by atoms with E-state index >= 15 is 0 Å². The summed E-state index contributed by atoms with van der Waals surface area (Å²) in [5.41, 5.74) is 0. The van der Waals surface area contributed by atoms with Crippen molar-refractivity contribution in [1.29, 1.82) is 0 Å². The molecule has 0 spiro atoms. The summed E-state index contributed by atoms with van der Waals surface area (Å²) in [4.78, 5) is 11.5. The monoisotopic (exact) mass is 509 g/mol. The van der Waals surface area contributed by atoms with Gasteiger partial charge in [0.1, 0.15) is 9.75 Å². The van der Waals surface area contributed by atoms with Crippen LogP contribution in [0.15, 0.2) is 10.1 Å². The molecule has 0 saturated heterocycles. The quantitative estimate of drug-likeness (QED) is 0.204. The highest BCUT2D eigenvalue weighted by Crippen LogP contribution is 2.74. The number of carbonyl (C=O) groups is 1. The number of alkyl halides is 4. The first-order valence-electron chi connectivity index (χ1n) is 10.1. The van der Waals surface area contributed by atoms with Crippen LogP contribution < -0.4 is 0 Å². The average molecular weight is 512 g/mol. The van der Waals surface area contributed by atoms with Crippen molar-refractivity contribution in [3.63, 3.8) is 0 Å². The van der Waals surface area contributed by atoms with Gasteiger partial charge in [-0.25, -0.2) is 0 Å². The van der Waals surface area contributed by atoms with Crippen molar-refractivity contribution in [1.82, 2.24) is 4.90 Å². The molecule has 2 nitrogen and oxygen atoms in total. The predicted molar refractivity (Wildman–Crippen MR) is 123 cm³/mol. The largest absolute Gasteiger partial charge is 0.346 e. The first-order chi connectivity index (χ1) is 13.0. The van der Waals surface area contributed by atoms with Crippen LogP contribution >= 0.6 is 69.6 Å². The van der Waals surface area contributed by atoms with Crippen molar-refractivity contribution < 1.29 is 4.79 Å². The molecule has 8 heteroatoms. The summed E-state index contributed by atoms with van der Waals surface area (Å²) in [5, 5.41) is 0.580. The Hall–Kier alpha value is 0.950. The Morgan fingerprint density at radius 1 is 1.00 bits per heavy atom. The van der Waals surface area contributed by atoms with E-state index in [0.717, 1.165) is 57.9 Å². The summed E-state index contributed by atoms with van der Waals surface area (Å²) >= 11 is 39.1. The number of hydrogen-bond acceptors (Lipinski definition) is 1. The minimum Gasteiger partial charge on any atom is -0.346 e. The van der Waals surface area contributed by atoms with Crippen LogP contribution in [-0.4, -0.2) is 38.5 Å². The molecule has 2 bridgehead atoms. The second-order valence-electron chi connectivity index (χ2n) is 8.09. The summed E-state index contributed by atoms with van der Waals surface area (Å²) in [6.45, 7) is 2.92. The highest BCUT2D eigenvalue weighted by Gasteiger charge is 2.77. The number of fused-ring (bicyclic) bond motifs is 2. The number of unbranched alkanes of at least 4 members (excludes halogenated alkanes) is 5. The first-order valence-corrected chi connectivity index (χ1v) is 12.4. The summed E-state index contributed by atoms with van der Waals surface area (Å²) in [6.07, 6.45) is 9.43. The molecule has 3 atom stereocenters. The number of rotatable bonds is 11. The van der Waals surface area contributed by atoms with Crippen molar-refractivity contribution in [3.05, 3.63) is 10.1 Å². The van der Waals surface area contributed by atoms with E-state index in [2.05, 4.69) is 6.92 Å². The zero-order valence-corrected chi connectivity index (χ0v) is 21.0. The molecule has 2 aliphatic carbocycles. The molecule has 1 fully saturated rings. The van der Waals surface area contributed by atoms with Crippen LogP contribution in [0.5, 0.6) is 0 Å². The van der Waals surface area contributed by atoms with E-state index in [1.165, 1.54) is 0 Å². The molecule has 2 aliphatic rings. The second kappa shape index (κ2) is 10.0. The Bertz CT molecular complexity index is 610. The van der Waals surface area contributed by atoms with Crippen molar-refractivity contribution in [2.45, 2.75) is 85.2 Å². The molecule has 0 aromatic heterocycles. The van der Waals surface area contributed by atoms with E-state index in [-0.39, 0.29) is 16.9 Å². The summed E-state index contributed by atoms with van der Waals surface area (Å²) < 4.78 is -1.40. The van der Waals surface area contributed by atoms with E-state index in [0.29, 0.717) is 17.9 Å². The van der Waals surface area contributed by atoms with Crippen LogP contribution in [0.1, 0.15) is 71.1 Å². The fraction of sp³-hybridized carbons (Fsp3) is 0.850. The van der Waals surface area contributed by atoms with Crippen LogP contribution in [0.4, 0.5) is 0 Å². The minimum absolute atomic E-state index is 0.00314. The molecule has 1 amide bonds. The molecule has 0 heterocycles. The van der Waals surface area contributed by atoms with Gasteiger partial charge in [-0.3, -0.25) is 4.79 Å². The Kier molecular flexibility index (Phi) is 9.05. The van der Waals surface area contributed by atoms with Gasteiger partial charge in [0.25, 0.3) is 0 Å². The van der Waals surface area contributed by atoms with Crippen LogP contribution in [0.3, 0.4) is 0 Å². The lowest BCUT2D eigenvalue weighted by Crippen LogP contribution is -2.44. The molecule has 0 aromatic rings. The number of nitrogens with zero attached hydrogens (tertiary/aromatic N) is 1. The maximum atomic E-state index is 11.9. The Balaban J connectivity index is 1.66. The van der Waals surface area contributed by atoms with Gasteiger partial charge in [0, 0.05) is 20.0 Å². The molecule has 28 heavy (non-hydrogen) atoms. The average Bonchev–Trinajstić information content (AvgIpc) is 2.86. The third-order valence-corrected chi connectivity index (χ3v) is 10.4. The van der Waals surface area contributed by atoms with Crippen LogP contribution in [0.2, 0.25) is 0 Å². The molecule has 1 saturated carbocycles. The fourth-order valence-corrected chi connectivity index (χ4v) is 7.23. The number of hydrogen-bond donors (Lipinski definition) is 0. The minimum atomic E-state index is -1.40. The molecular formula is C20H29Cl6NO. The van der Waals surface area contributed by atoms with E-state index in [4.69, 9.17) is 69.6 Å². The number of carbonyl (C=O) groups excluding carboxylic acids is 1. The Morgan fingerprint density at radius 2 is 1.57 bits per heavy atom. The SMILES string of the molecule is CCCN(C)C(=O)CCCCCCCC[C@@H]1C[C@]2(Cl)C(Cl)=C(Cl)[C@]1(Cl)C2(Cl)Cl. The predicted octanol–water partition coefficient (Wildman–Crippen LogP) is 7.83. The van der Waals surface area contributed by atoms with Crippen molar-refractivity contribution in [2.24, 2.45) is 5.92 Å². The molecule has 0 radical (unpaired) electrons. The number of amides is 1. The fourth-order valence-electron chi connectivity index (χ4n) is 4.36. The maximum Gasteiger partial charge on any atom is 0.222 e. The highest BCUT2D eigenvalue weighted by molar-refractivity contribution is 6.65. The molecule has 0 N–H and O–H groups in total. The van der Waals surface area contributed by atoms with Gasteiger partial charge in [-0.05, 0) is 31.6 Å². The summed E-state index contributed by atoms with van der Waals surface area (Å²) in [6, 6.07) is 0. The Morgan fingerprint density at radius 3 is 2.11 bits per heavy atom.